The molecule has 0 heterocycles. The molecule has 1 nitrogen and oxygen atoms in total. The molecule has 0 aromatic heterocycles. The summed E-state index contributed by atoms with van der Waals surface area (Å²) in [4.78, 5) is 0. The Bertz CT molecular complexity index is 352. The Morgan fingerprint density at radius 1 is 1.29 bits per heavy atom. The molecule has 1 N–H and O–H groups in total. The highest BCUT2D eigenvalue weighted by Crippen LogP contribution is 2.20. The molecular weight excluding hydrogens is 237 g/mol. The van der Waals surface area contributed by atoms with E-state index in [9.17, 15) is 4.39 Å². The van der Waals surface area contributed by atoms with Crippen LogP contribution in [0.2, 0.25) is 5.02 Å². The van der Waals surface area contributed by atoms with Crippen molar-refractivity contribution in [3.8, 4) is 0 Å². The van der Waals surface area contributed by atoms with Crippen molar-refractivity contribution < 1.29 is 4.39 Å². The van der Waals surface area contributed by atoms with Crippen molar-refractivity contribution in [2.45, 2.75) is 39.7 Å². The van der Waals surface area contributed by atoms with Crippen LogP contribution < -0.4 is 5.32 Å². The zero-order valence-corrected chi connectivity index (χ0v) is 11.5. The Balaban J connectivity index is 2.41. The molecule has 0 fully saturated rings. The molecule has 1 rings (SSSR count). The van der Waals surface area contributed by atoms with Crippen molar-refractivity contribution in [1.82, 2.24) is 5.32 Å². The first-order chi connectivity index (χ1) is 8.00. The van der Waals surface area contributed by atoms with Gasteiger partial charge in [0.05, 0.1) is 5.02 Å². The summed E-state index contributed by atoms with van der Waals surface area (Å²) in [6.07, 6.45) is 2.39. The average molecular weight is 258 g/mol. The molecule has 0 spiro atoms. The fraction of sp³-hybridized carbons (Fsp3) is 0.571. The van der Waals surface area contributed by atoms with Gasteiger partial charge in [-0.25, -0.2) is 4.39 Å². The van der Waals surface area contributed by atoms with Crippen LogP contribution in [-0.4, -0.2) is 6.54 Å². The van der Waals surface area contributed by atoms with E-state index in [2.05, 4.69) is 26.1 Å². The van der Waals surface area contributed by atoms with Gasteiger partial charge in [0.1, 0.15) is 5.82 Å². The number of nitrogens with one attached hydrogen (secondary N) is 1. The van der Waals surface area contributed by atoms with E-state index in [1.807, 2.05) is 0 Å². The van der Waals surface area contributed by atoms with E-state index in [1.54, 1.807) is 12.1 Å². The van der Waals surface area contributed by atoms with Gasteiger partial charge in [0.2, 0.25) is 0 Å². The molecule has 0 radical (unpaired) electrons. The van der Waals surface area contributed by atoms with Crippen molar-refractivity contribution in [3.05, 3.63) is 34.6 Å². The maximum atomic E-state index is 13.0. The number of halogens is 2. The van der Waals surface area contributed by atoms with E-state index >= 15 is 0 Å². The van der Waals surface area contributed by atoms with E-state index < -0.39 is 0 Å². The smallest absolute Gasteiger partial charge is 0.141 e. The van der Waals surface area contributed by atoms with Crippen LogP contribution in [-0.2, 0) is 0 Å². The van der Waals surface area contributed by atoms with Gasteiger partial charge in [-0.3, -0.25) is 0 Å². The van der Waals surface area contributed by atoms with Gasteiger partial charge in [0.15, 0.2) is 0 Å². The fourth-order valence-corrected chi connectivity index (χ4v) is 1.92. The summed E-state index contributed by atoms with van der Waals surface area (Å²) in [7, 11) is 0. The first-order valence-corrected chi connectivity index (χ1v) is 6.57. The average Bonchev–Trinajstić information content (AvgIpc) is 2.27. The first kappa shape index (κ1) is 14.5. The molecule has 1 aromatic carbocycles. The van der Waals surface area contributed by atoms with Crippen molar-refractivity contribution in [3.63, 3.8) is 0 Å². The number of benzene rings is 1. The minimum absolute atomic E-state index is 0.193. The summed E-state index contributed by atoms with van der Waals surface area (Å²) in [6, 6.07) is 5.10. The van der Waals surface area contributed by atoms with Gasteiger partial charge in [0.25, 0.3) is 0 Å². The van der Waals surface area contributed by atoms with Gasteiger partial charge in [-0.05, 0) is 49.9 Å². The van der Waals surface area contributed by atoms with Crippen LogP contribution in [0.3, 0.4) is 0 Å². The van der Waals surface area contributed by atoms with Crippen LogP contribution in [0.5, 0.6) is 0 Å². The molecular formula is C14H21ClFN. The van der Waals surface area contributed by atoms with Gasteiger partial charge >= 0.3 is 0 Å². The molecule has 0 amide bonds. The second kappa shape index (κ2) is 6.97. The molecule has 0 bridgehead atoms. The summed E-state index contributed by atoms with van der Waals surface area (Å²) >= 11 is 5.76. The van der Waals surface area contributed by atoms with Crippen LogP contribution in [0, 0.1) is 11.7 Å². The summed E-state index contributed by atoms with van der Waals surface area (Å²) in [5.74, 6) is 0.384. The lowest BCUT2D eigenvalue weighted by atomic mass is 10.1. The second-order valence-electron chi connectivity index (χ2n) is 4.89. The molecule has 1 unspecified atom stereocenters. The summed E-state index contributed by atoms with van der Waals surface area (Å²) in [6.45, 7) is 7.50. The molecule has 3 heteroatoms. The third-order valence-electron chi connectivity index (χ3n) is 2.85. The zero-order chi connectivity index (χ0) is 12.8. The predicted molar refractivity (Wildman–Crippen MR) is 71.9 cm³/mol. The van der Waals surface area contributed by atoms with Crippen LogP contribution in [0.25, 0.3) is 0 Å². The molecule has 96 valence electrons. The van der Waals surface area contributed by atoms with Crippen molar-refractivity contribution in [1.29, 1.82) is 0 Å². The predicted octanol–water partition coefficient (Wildman–Crippen LogP) is 4.57. The summed E-state index contributed by atoms with van der Waals surface area (Å²) in [5.41, 5.74) is 1.03. The molecule has 0 saturated carbocycles. The second-order valence-corrected chi connectivity index (χ2v) is 5.29. The normalized spacial score (nSPS) is 13.1. The van der Waals surface area contributed by atoms with Gasteiger partial charge in [-0.15, -0.1) is 0 Å². The molecule has 1 atom stereocenters. The highest BCUT2D eigenvalue weighted by molar-refractivity contribution is 6.30. The lowest BCUT2D eigenvalue weighted by Crippen LogP contribution is -2.20. The standard InChI is InChI=1S/C14H21ClFN/c1-10(2)5-4-8-17-11(3)12-6-7-14(16)13(15)9-12/h6-7,9-11,17H,4-5,8H2,1-3H3. The maximum Gasteiger partial charge on any atom is 0.141 e. The SMILES string of the molecule is CC(C)CCCNC(C)c1ccc(F)c(Cl)c1. The molecule has 0 aliphatic heterocycles. The van der Waals surface area contributed by atoms with E-state index in [1.165, 1.54) is 12.5 Å². The lowest BCUT2D eigenvalue weighted by Gasteiger charge is -2.15. The highest BCUT2D eigenvalue weighted by Gasteiger charge is 2.07. The first-order valence-electron chi connectivity index (χ1n) is 6.19. The molecule has 0 saturated heterocycles. The van der Waals surface area contributed by atoms with E-state index in [0.717, 1.165) is 24.4 Å². The number of hydrogen-bond acceptors (Lipinski definition) is 1. The van der Waals surface area contributed by atoms with Crippen LogP contribution >= 0.6 is 11.6 Å². The fourth-order valence-electron chi connectivity index (χ4n) is 1.73. The Morgan fingerprint density at radius 2 is 2.00 bits per heavy atom. The van der Waals surface area contributed by atoms with Crippen LogP contribution in [0.4, 0.5) is 4.39 Å². The number of rotatable bonds is 6. The van der Waals surface area contributed by atoms with Gasteiger partial charge in [-0.1, -0.05) is 31.5 Å². The van der Waals surface area contributed by atoms with E-state index in [0.29, 0.717) is 0 Å². The van der Waals surface area contributed by atoms with Crippen LogP contribution in [0.15, 0.2) is 18.2 Å². The Labute approximate surface area is 108 Å². The minimum Gasteiger partial charge on any atom is -0.310 e. The Morgan fingerprint density at radius 3 is 2.59 bits per heavy atom. The maximum absolute atomic E-state index is 13.0. The Hall–Kier alpha value is -0.600. The molecule has 17 heavy (non-hydrogen) atoms. The number of hydrogen-bond donors (Lipinski definition) is 1. The zero-order valence-electron chi connectivity index (χ0n) is 10.8. The van der Waals surface area contributed by atoms with Gasteiger partial charge in [-0.2, -0.15) is 0 Å². The summed E-state index contributed by atoms with van der Waals surface area (Å²) in [5, 5.41) is 3.61. The van der Waals surface area contributed by atoms with Gasteiger partial charge in [0, 0.05) is 6.04 Å². The van der Waals surface area contributed by atoms with Gasteiger partial charge < -0.3 is 5.32 Å². The van der Waals surface area contributed by atoms with E-state index in [4.69, 9.17) is 11.6 Å². The van der Waals surface area contributed by atoms with E-state index in [-0.39, 0.29) is 16.9 Å². The Kier molecular flexibility index (Phi) is 5.93. The third-order valence-corrected chi connectivity index (χ3v) is 3.14. The largest absolute Gasteiger partial charge is 0.310 e. The lowest BCUT2D eigenvalue weighted by molar-refractivity contribution is 0.497. The molecule has 0 aliphatic rings. The quantitative estimate of drug-likeness (QED) is 0.737. The summed E-state index contributed by atoms with van der Waals surface area (Å²) < 4.78 is 13.0. The van der Waals surface area contributed by atoms with Crippen molar-refractivity contribution in [2.24, 2.45) is 5.92 Å². The van der Waals surface area contributed by atoms with Crippen molar-refractivity contribution >= 4 is 11.6 Å². The topological polar surface area (TPSA) is 12.0 Å². The van der Waals surface area contributed by atoms with Crippen molar-refractivity contribution in [2.75, 3.05) is 6.54 Å². The monoisotopic (exact) mass is 257 g/mol. The molecule has 1 aromatic rings. The minimum atomic E-state index is -0.359. The third kappa shape index (κ3) is 5.05. The highest BCUT2D eigenvalue weighted by atomic mass is 35.5. The molecule has 0 aliphatic carbocycles. The van der Waals surface area contributed by atoms with Crippen LogP contribution in [0.1, 0.15) is 45.2 Å².